The molecule has 7 aromatic rings. The molecule has 0 aliphatic heterocycles. The second-order valence-corrected chi connectivity index (χ2v) is 12.5. The second-order valence-electron chi connectivity index (χ2n) is 12.5. The molecule has 0 bridgehead atoms. The van der Waals surface area contributed by atoms with Crippen LogP contribution in [0.3, 0.4) is 0 Å². The maximum atomic E-state index is 5.44. The number of anilines is 1. The third kappa shape index (κ3) is 7.36. The maximum Gasteiger partial charge on any atom is 0.0547 e. The summed E-state index contributed by atoms with van der Waals surface area (Å²) in [5.74, 6) is 2.56. The maximum absolute atomic E-state index is 5.44. The molecule has 0 radical (unpaired) electrons. The summed E-state index contributed by atoms with van der Waals surface area (Å²) in [6, 6.07) is 54.0. The third-order valence-corrected chi connectivity index (χ3v) is 9.17. The molecule has 2 heteroatoms. The Hall–Kier alpha value is -6.82. The van der Waals surface area contributed by atoms with Crippen LogP contribution in [0.1, 0.15) is 12.5 Å². The van der Waals surface area contributed by atoms with Gasteiger partial charge in [-0.15, -0.1) is 6.42 Å². The first kappa shape index (κ1) is 33.7. The fraction of sp³-hybridized carbons (Fsp3) is 0.0400. The monoisotopic (exact) mass is 668 g/mol. The normalized spacial score (nSPS) is 12.2. The fourth-order valence-electron chi connectivity index (χ4n) is 6.67. The molecular formula is C50H40N2. The lowest BCUT2D eigenvalue weighted by molar-refractivity contribution is 1.09. The van der Waals surface area contributed by atoms with Crippen molar-refractivity contribution >= 4 is 33.1 Å². The quantitative estimate of drug-likeness (QED) is 0.0984. The molecular weight excluding hydrogens is 629 g/mol. The van der Waals surface area contributed by atoms with Crippen LogP contribution in [-0.2, 0) is 0 Å². The zero-order valence-corrected chi connectivity index (χ0v) is 29.3. The molecule has 0 aliphatic rings. The minimum atomic E-state index is 0.672. The average molecular weight is 669 g/mol. The van der Waals surface area contributed by atoms with E-state index in [1.54, 1.807) is 6.08 Å². The van der Waals surface area contributed by atoms with Gasteiger partial charge in [0.25, 0.3) is 0 Å². The van der Waals surface area contributed by atoms with E-state index in [1.807, 2.05) is 18.2 Å². The molecule has 250 valence electrons. The number of nitrogens with zero attached hydrogens (tertiary/aromatic N) is 2. The van der Waals surface area contributed by atoms with Crippen molar-refractivity contribution in [3.8, 4) is 40.3 Å². The van der Waals surface area contributed by atoms with Crippen molar-refractivity contribution in [2.24, 2.45) is 0 Å². The number of allylic oxidation sites excluding steroid dienone is 8. The molecule has 2 nitrogen and oxygen atoms in total. The topological polar surface area (TPSA) is 8.17 Å². The average Bonchev–Trinajstić information content (AvgIpc) is 3.55. The van der Waals surface area contributed by atoms with E-state index in [2.05, 4.69) is 204 Å². The van der Waals surface area contributed by atoms with Crippen LogP contribution in [0.4, 0.5) is 5.69 Å². The molecule has 0 spiro atoms. The molecule has 0 aliphatic carbocycles. The van der Waals surface area contributed by atoms with Crippen LogP contribution < -0.4 is 4.90 Å². The number of aromatic nitrogens is 1. The summed E-state index contributed by atoms with van der Waals surface area (Å²) in [7, 11) is 0. The highest BCUT2D eigenvalue weighted by Crippen LogP contribution is 2.39. The van der Waals surface area contributed by atoms with Crippen LogP contribution in [0.5, 0.6) is 0 Å². The van der Waals surface area contributed by atoms with E-state index >= 15 is 0 Å². The molecule has 7 rings (SSSR count). The first-order valence-electron chi connectivity index (χ1n) is 17.6. The minimum Gasteiger partial charge on any atom is -0.344 e. The minimum absolute atomic E-state index is 0.672. The summed E-state index contributed by atoms with van der Waals surface area (Å²) in [5, 5.41) is 2.43. The van der Waals surface area contributed by atoms with E-state index in [0.717, 1.165) is 16.9 Å². The first-order valence-corrected chi connectivity index (χ1v) is 17.6. The van der Waals surface area contributed by atoms with E-state index in [4.69, 9.17) is 6.42 Å². The smallest absolute Gasteiger partial charge is 0.0547 e. The molecule has 0 saturated carbocycles. The van der Waals surface area contributed by atoms with Crippen LogP contribution in [-0.4, -0.2) is 11.1 Å². The molecule has 0 fully saturated rings. The number of para-hydroxylation sites is 1. The van der Waals surface area contributed by atoms with E-state index in [0.29, 0.717) is 6.54 Å². The van der Waals surface area contributed by atoms with Gasteiger partial charge in [0.05, 0.1) is 11.0 Å². The molecule has 1 heterocycles. The van der Waals surface area contributed by atoms with Crippen molar-refractivity contribution in [3.05, 3.63) is 212 Å². The van der Waals surface area contributed by atoms with E-state index in [9.17, 15) is 0 Å². The summed E-state index contributed by atoms with van der Waals surface area (Å²) in [5.41, 5.74) is 11.6. The van der Waals surface area contributed by atoms with E-state index < -0.39 is 0 Å². The summed E-state index contributed by atoms with van der Waals surface area (Å²) in [6.45, 7) is 2.73. The van der Waals surface area contributed by atoms with Crippen molar-refractivity contribution < 1.29 is 0 Å². The zero-order chi connectivity index (χ0) is 35.5. The lowest BCUT2D eigenvalue weighted by atomic mass is 9.97. The van der Waals surface area contributed by atoms with Gasteiger partial charge < -0.3 is 9.47 Å². The van der Waals surface area contributed by atoms with Crippen LogP contribution >= 0.6 is 0 Å². The number of fused-ring (bicyclic) bond motifs is 3. The first-order chi connectivity index (χ1) is 25.7. The van der Waals surface area contributed by atoms with Gasteiger partial charge in [0.1, 0.15) is 0 Å². The second kappa shape index (κ2) is 16.3. The van der Waals surface area contributed by atoms with Gasteiger partial charge in [-0.1, -0.05) is 152 Å². The summed E-state index contributed by atoms with van der Waals surface area (Å²) >= 11 is 0. The molecule has 0 saturated heterocycles. The standard InChI is InChI=1S/C50H40N2/c1-3-5-7-8-18-36-51(44-32-29-41(30-33-44)39-21-12-9-13-22-39)37-35-42(20-6-4-2)46-27-19-28-49-50(46)47-38-43(40-23-14-10-15-24-40)31-34-48(47)52(49)45-25-16-11-17-26-45/h1,4-35,37-38H,36H2,2H3/b6-4-,7-5-,18-8-,37-35+,42-20+. The van der Waals surface area contributed by atoms with Crippen molar-refractivity contribution in [2.45, 2.75) is 6.92 Å². The van der Waals surface area contributed by atoms with Gasteiger partial charge in [-0.25, -0.2) is 0 Å². The van der Waals surface area contributed by atoms with Gasteiger partial charge in [-0.3, -0.25) is 0 Å². The lowest BCUT2D eigenvalue weighted by Crippen LogP contribution is -2.15. The predicted octanol–water partition coefficient (Wildman–Crippen LogP) is 12.8. The molecule has 1 aromatic heterocycles. The van der Waals surface area contributed by atoms with Gasteiger partial charge in [0, 0.05) is 34.9 Å². The van der Waals surface area contributed by atoms with Crippen LogP contribution in [0, 0.1) is 12.3 Å². The Bertz CT molecular complexity index is 2470. The van der Waals surface area contributed by atoms with Crippen LogP contribution in [0.2, 0.25) is 0 Å². The predicted molar refractivity (Wildman–Crippen MR) is 224 cm³/mol. The molecule has 0 atom stereocenters. The Morgan fingerprint density at radius 2 is 1.31 bits per heavy atom. The Morgan fingerprint density at radius 1 is 0.654 bits per heavy atom. The molecule has 52 heavy (non-hydrogen) atoms. The van der Waals surface area contributed by atoms with Crippen molar-refractivity contribution in [3.63, 3.8) is 0 Å². The highest BCUT2D eigenvalue weighted by molar-refractivity contribution is 6.15. The van der Waals surface area contributed by atoms with Gasteiger partial charge in [-0.2, -0.15) is 0 Å². The van der Waals surface area contributed by atoms with E-state index in [1.165, 1.54) is 49.6 Å². The van der Waals surface area contributed by atoms with E-state index in [-0.39, 0.29) is 0 Å². The summed E-state index contributed by atoms with van der Waals surface area (Å²) < 4.78 is 2.38. The molecule has 0 amide bonds. The molecule has 0 N–H and O–H groups in total. The van der Waals surface area contributed by atoms with Crippen molar-refractivity contribution in [1.29, 1.82) is 0 Å². The Balaban J connectivity index is 1.36. The van der Waals surface area contributed by atoms with Crippen LogP contribution in [0.25, 0.3) is 55.3 Å². The molecule has 6 aromatic carbocycles. The summed E-state index contributed by atoms with van der Waals surface area (Å²) in [6.07, 6.45) is 24.0. The SMILES string of the molecule is C#C/C=C\C=C/CN(/C=C/C(=C\C=C/C)c1cccc2c1c1cc(-c3ccccc3)ccc1n2-c1ccccc1)c1ccc(-c2ccccc2)cc1. The highest BCUT2D eigenvalue weighted by Gasteiger charge is 2.17. The van der Waals surface area contributed by atoms with Crippen LogP contribution in [0.15, 0.2) is 206 Å². The Morgan fingerprint density at radius 3 is 2.00 bits per heavy atom. The third-order valence-electron chi connectivity index (χ3n) is 9.17. The van der Waals surface area contributed by atoms with Crippen molar-refractivity contribution in [2.75, 3.05) is 11.4 Å². The van der Waals surface area contributed by atoms with Gasteiger partial charge >= 0.3 is 0 Å². The Labute approximate surface area is 307 Å². The highest BCUT2D eigenvalue weighted by atomic mass is 15.1. The number of hydrogen-bond acceptors (Lipinski definition) is 1. The fourth-order valence-corrected chi connectivity index (χ4v) is 6.67. The van der Waals surface area contributed by atoms with Crippen molar-refractivity contribution in [1.82, 2.24) is 4.57 Å². The summed E-state index contributed by atoms with van der Waals surface area (Å²) in [4.78, 5) is 2.26. The van der Waals surface area contributed by atoms with Gasteiger partial charge in [0.2, 0.25) is 0 Å². The number of hydrogen-bond donors (Lipinski definition) is 0. The molecule has 0 unspecified atom stereocenters. The lowest BCUT2D eigenvalue weighted by Gasteiger charge is -2.20. The van der Waals surface area contributed by atoms with Gasteiger partial charge in [0.15, 0.2) is 0 Å². The zero-order valence-electron chi connectivity index (χ0n) is 29.3. The number of terminal acetylenes is 1. The number of rotatable bonds is 11. The largest absolute Gasteiger partial charge is 0.344 e. The number of benzene rings is 6. The van der Waals surface area contributed by atoms with Gasteiger partial charge in [-0.05, 0) is 94.9 Å². The Kier molecular flexibility index (Phi) is 10.5.